The van der Waals surface area contributed by atoms with Crippen molar-refractivity contribution in [2.75, 3.05) is 39.9 Å². The van der Waals surface area contributed by atoms with E-state index in [2.05, 4.69) is 37.9 Å². The Hall–Kier alpha value is -0.120. The number of ether oxygens (including phenoxy) is 1. The zero-order chi connectivity index (χ0) is 15.2. The Morgan fingerprint density at radius 1 is 1.00 bits per heavy atom. The molecule has 0 aromatic heterocycles. The van der Waals surface area contributed by atoms with E-state index in [4.69, 9.17) is 4.74 Å². The molecule has 0 aliphatic heterocycles. The molecule has 1 N–H and O–H groups in total. The Morgan fingerprint density at radius 3 is 2.30 bits per heavy atom. The van der Waals surface area contributed by atoms with Gasteiger partial charge in [-0.3, -0.25) is 4.90 Å². The SMILES string of the molecule is CCC(C)N(CCCCCCNCC(C)C)CCOC. The van der Waals surface area contributed by atoms with Gasteiger partial charge in [-0.25, -0.2) is 0 Å². The Balaban J connectivity index is 3.52. The summed E-state index contributed by atoms with van der Waals surface area (Å²) in [6.07, 6.45) is 6.56. The fourth-order valence-corrected chi connectivity index (χ4v) is 2.33. The molecular weight excluding hydrogens is 248 g/mol. The van der Waals surface area contributed by atoms with Gasteiger partial charge in [-0.1, -0.05) is 33.6 Å². The number of nitrogens with one attached hydrogen (secondary N) is 1. The van der Waals surface area contributed by atoms with Gasteiger partial charge in [0.2, 0.25) is 0 Å². The largest absolute Gasteiger partial charge is 0.383 e. The number of hydrogen-bond acceptors (Lipinski definition) is 3. The minimum atomic E-state index is 0.679. The number of rotatable bonds is 14. The van der Waals surface area contributed by atoms with Crippen LogP contribution in [0.15, 0.2) is 0 Å². The second-order valence-corrected chi connectivity index (χ2v) is 6.30. The lowest BCUT2D eigenvalue weighted by atomic mass is 10.1. The second kappa shape index (κ2) is 13.8. The molecule has 0 radical (unpaired) electrons. The number of methoxy groups -OCH3 is 1. The number of hydrogen-bond donors (Lipinski definition) is 1. The molecule has 1 atom stereocenters. The van der Waals surface area contributed by atoms with E-state index in [1.54, 1.807) is 7.11 Å². The van der Waals surface area contributed by atoms with Gasteiger partial charge in [0.1, 0.15) is 0 Å². The Morgan fingerprint density at radius 2 is 1.70 bits per heavy atom. The molecule has 0 amide bonds. The van der Waals surface area contributed by atoms with E-state index in [0.717, 1.165) is 25.6 Å². The van der Waals surface area contributed by atoms with E-state index >= 15 is 0 Å². The molecule has 20 heavy (non-hydrogen) atoms. The van der Waals surface area contributed by atoms with Gasteiger partial charge in [-0.15, -0.1) is 0 Å². The molecule has 3 heteroatoms. The molecule has 0 saturated carbocycles. The fraction of sp³-hybridized carbons (Fsp3) is 1.00. The van der Waals surface area contributed by atoms with Crippen molar-refractivity contribution in [2.45, 2.75) is 65.8 Å². The molecule has 0 fully saturated rings. The normalized spacial score (nSPS) is 13.3. The predicted molar refractivity (Wildman–Crippen MR) is 89.4 cm³/mol. The fourth-order valence-electron chi connectivity index (χ4n) is 2.33. The van der Waals surface area contributed by atoms with Crippen LogP contribution in [0.5, 0.6) is 0 Å². The molecule has 0 aliphatic rings. The summed E-state index contributed by atoms with van der Waals surface area (Å²) < 4.78 is 5.21. The third-order valence-corrected chi connectivity index (χ3v) is 3.90. The van der Waals surface area contributed by atoms with Crippen LogP contribution in [0.2, 0.25) is 0 Å². The van der Waals surface area contributed by atoms with Gasteiger partial charge < -0.3 is 10.1 Å². The zero-order valence-corrected chi connectivity index (χ0v) is 14.6. The molecule has 1 unspecified atom stereocenters. The summed E-state index contributed by atoms with van der Waals surface area (Å²) in [5.74, 6) is 0.764. The number of nitrogens with zero attached hydrogens (tertiary/aromatic N) is 1. The van der Waals surface area contributed by atoms with E-state index in [9.17, 15) is 0 Å². The summed E-state index contributed by atoms with van der Waals surface area (Å²) in [7, 11) is 1.79. The Kier molecular flexibility index (Phi) is 13.8. The van der Waals surface area contributed by atoms with Crippen LogP contribution < -0.4 is 5.32 Å². The molecule has 0 bridgehead atoms. The van der Waals surface area contributed by atoms with Crippen LogP contribution in [-0.4, -0.2) is 50.8 Å². The van der Waals surface area contributed by atoms with E-state index in [0.29, 0.717) is 6.04 Å². The summed E-state index contributed by atoms with van der Waals surface area (Å²) in [5, 5.41) is 3.51. The van der Waals surface area contributed by atoms with Crippen molar-refractivity contribution >= 4 is 0 Å². The van der Waals surface area contributed by atoms with Gasteiger partial charge in [-0.2, -0.15) is 0 Å². The summed E-state index contributed by atoms with van der Waals surface area (Å²) in [5.41, 5.74) is 0. The number of unbranched alkanes of at least 4 members (excludes halogenated alkanes) is 3. The summed E-state index contributed by atoms with van der Waals surface area (Å²) >= 11 is 0. The molecule has 0 spiro atoms. The Labute approximate surface area is 127 Å². The first-order valence-electron chi connectivity index (χ1n) is 8.55. The summed E-state index contributed by atoms with van der Waals surface area (Å²) in [6, 6.07) is 0.679. The van der Waals surface area contributed by atoms with Crippen molar-refractivity contribution in [1.29, 1.82) is 0 Å². The molecule has 0 heterocycles. The van der Waals surface area contributed by atoms with E-state index in [1.165, 1.54) is 45.2 Å². The maximum atomic E-state index is 5.21. The third kappa shape index (κ3) is 11.7. The zero-order valence-electron chi connectivity index (χ0n) is 14.6. The van der Waals surface area contributed by atoms with Crippen LogP contribution in [0.25, 0.3) is 0 Å². The topological polar surface area (TPSA) is 24.5 Å². The van der Waals surface area contributed by atoms with Gasteiger partial charge in [0.05, 0.1) is 6.61 Å². The monoisotopic (exact) mass is 286 g/mol. The summed E-state index contributed by atoms with van der Waals surface area (Å²) in [6.45, 7) is 14.6. The molecule has 0 rings (SSSR count). The van der Waals surface area contributed by atoms with Gasteiger partial charge in [0.15, 0.2) is 0 Å². The molecule has 3 nitrogen and oxygen atoms in total. The first-order valence-corrected chi connectivity index (χ1v) is 8.55. The van der Waals surface area contributed by atoms with Crippen LogP contribution in [-0.2, 0) is 4.74 Å². The van der Waals surface area contributed by atoms with Crippen molar-refractivity contribution in [2.24, 2.45) is 5.92 Å². The van der Waals surface area contributed by atoms with Crippen LogP contribution >= 0.6 is 0 Å². The van der Waals surface area contributed by atoms with E-state index in [-0.39, 0.29) is 0 Å². The molecule has 0 saturated heterocycles. The van der Waals surface area contributed by atoms with Gasteiger partial charge in [-0.05, 0) is 51.7 Å². The second-order valence-electron chi connectivity index (χ2n) is 6.30. The predicted octanol–water partition coefficient (Wildman–Crippen LogP) is 3.54. The van der Waals surface area contributed by atoms with Crippen molar-refractivity contribution < 1.29 is 4.74 Å². The lowest BCUT2D eigenvalue weighted by Gasteiger charge is -2.28. The summed E-state index contributed by atoms with van der Waals surface area (Å²) in [4.78, 5) is 2.57. The van der Waals surface area contributed by atoms with Crippen LogP contribution in [0.4, 0.5) is 0 Å². The quantitative estimate of drug-likeness (QED) is 0.494. The minimum Gasteiger partial charge on any atom is -0.383 e. The van der Waals surface area contributed by atoms with Crippen LogP contribution in [0.1, 0.15) is 59.8 Å². The Bertz CT molecular complexity index is 197. The van der Waals surface area contributed by atoms with Gasteiger partial charge >= 0.3 is 0 Å². The standard InChI is InChI=1S/C17H38N2O/c1-6-17(4)19(13-14-20-5)12-10-8-7-9-11-18-15-16(2)3/h16-18H,6-15H2,1-5H3. The molecule has 0 aromatic rings. The highest BCUT2D eigenvalue weighted by atomic mass is 16.5. The van der Waals surface area contributed by atoms with Crippen molar-refractivity contribution in [3.05, 3.63) is 0 Å². The lowest BCUT2D eigenvalue weighted by molar-refractivity contribution is 0.121. The van der Waals surface area contributed by atoms with Gasteiger partial charge in [0.25, 0.3) is 0 Å². The first-order chi connectivity index (χ1) is 9.61. The smallest absolute Gasteiger partial charge is 0.0589 e. The highest BCUT2D eigenvalue weighted by Gasteiger charge is 2.10. The van der Waals surface area contributed by atoms with Crippen molar-refractivity contribution in [1.82, 2.24) is 10.2 Å². The highest BCUT2D eigenvalue weighted by Crippen LogP contribution is 2.07. The molecular formula is C17H38N2O. The highest BCUT2D eigenvalue weighted by molar-refractivity contribution is 4.65. The van der Waals surface area contributed by atoms with Gasteiger partial charge in [0, 0.05) is 19.7 Å². The first kappa shape index (κ1) is 19.9. The lowest BCUT2D eigenvalue weighted by Crippen LogP contribution is -2.36. The van der Waals surface area contributed by atoms with Crippen molar-refractivity contribution in [3.63, 3.8) is 0 Å². The van der Waals surface area contributed by atoms with Crippen molar-refractivity contribution in [3.8, 4) is 0 Å². The van der Waals surface area contributed by atoms with Crippen LogP contribution in [0, 0.1) is 5.92 Å². The third-order valence-electron chi connectivity index (χ3n) is 3.90. The van der Waals surface area contributed by atoms with E-state index in [1.807, 2.05) is 0 Å². The van der Waals surface area contributed by atoms with Crippen LogP contribution in [0.3, 0.4) is 0 Å². The molecule has 0 aromatic carbocycles. The molecule has 0 aliphatic carbocycles. The van der Waals surface area contributed by atoms with E-state index < -0.39 is 0 Å². The average Bonchev–Trinajstić information content (AvgIpc) is 2.43. The maximum absolute atomic E-state index is 5.21. The average molecular weight is 287 g/mol. The maximum Gasteiger partial charge on any atom is 0.0589 e. The minimum absolute atomic E-state index is 0.679. The molecule has 122 valence electrons.